The molecular formula is C16H20Cl3NO3S. The van der Waals surface area contributed by atoms with Gasteiger partial charge in [-0.05, 0) is 36.2 Å². The summed E-state index contributed by atoms with van der Waals surface area (Å²) in [6.45, 7) is 6.63. The van der Waals surface area contributed by atoms with Crippen LogP contribution in [0.25, 0.3) is 0 Å². The van der Waals surface area contributed by atoms with Gasteiger partial charge in [-0.3, -0.25) is 4.79 Å². The highest BCUT2D eigenvalue weighted by molar-refractivity contribution is 7.17. The van der Waals surface area contributed by atoms with E-state index in [0.29, 0.717) is 16.5 Å². The van der Waals surface area contributed by atoms with Crippen molar-refractivity contribution >= 4 is 63.0 Å². The summed E-state index contributed by atoms with van der Waals surface area (Å²) in [6.07, 6.45) is 2.61. The molecule has 0 radical (unpaired) electrons. The maximum atomic E-state index is 12.2. The number of ether oxygens (including phenoxy) is 1. The van der Waals surface area contributed by atoms with E-state index in [2.05, 4.69) is 26.1 Å². The third-order valence-electron chi connectivity index (χ3n) is 4.36. The highest BCUT2D eigenvalue weighted by atomic mass is 35.6. The SMILES string of the molecule is COC(=O)c1c(NC(=O)C(Cl)(Cl)Cl)sc2c1CCC(C(C)(C)C)C2. The maximum absolute atomic E-state index is 12.2. The number of hydrogen-bond donors (Lipinski definition) is 1. The maximum Gasteiger partial charge on any atom is 0.341 e. The Morgan fingerprint density at radius 3 is 2.38 bits per heavy atom. The first-order valence-electron chi connectivity index (χ1n) is 7.56. The molecule has 0 fully saturated rings. The molecule has 1 aliphatic rings. The summed E-state index contributed by atoms with van der Waals surface area (Å²) in [5.41, 5.74) is 1.49. The fourth-order valence-electron chi connectivity index (χ4n) is 2.91. The monoisotopic (exact) mass is 411 g/mol. The molecule has 1 N–H and O–H groups in total. The van der Waals surface area contributed by atoms with Crippen molar-refractivity contribution in [3.8, 4) is 0 Å². The van der Waals surface area contributed by atoms with Gasteiger partial charge in [0.25, 0.3) is 9.70 Å². The van der Waals surface area contributed by atoms with E-state index in [-0.39, 0.29) is 5.41 Å². The zero-order valence-corrected chi connectivity index (χ0v) is 17.0. The van der Waals surface area contributed by atoms with Crippen LogP contribution in [0.2, 0.25) is 0 Å². The molecule has 0 spiro atoms. The van der Waals surface area contributed by atoms with Gasteiger partial charge in [-0.2, -0.15) is 0 Å². The second kappa shape index (κ2) is 7.02. The van der Waals surface area contributed by atoms with Gasteiger partial charge in [-0.1, -0.05) is 55.6 Å². The molecule has 0 aliphatic heterocycles. The Morgan fingerprint density at radius 1 is 1.25 bits per heavy atom. The van der Waals surface area contributed by atoms with Gasteiger partial charge >= 0.3 is 5.97 Å². The normalized spacial score (nSPS) is 18.0. The van der Waals surface area contributed by atoms with Crippen LogP contribution in [0.5, 0.6) is 0 Å². The summed E-state index contributed by atoms with van der Waals surface area (Å²) < 4.78 is 2.79. The Bertz CT molecular complexity index is 659. The van der Waals surface area contributed by atoms with Crippen molar-refractivity contribution in [1.82, 2.24) is 0 Å². The Hall–Kier alpha value is -0.490. The minimum absolute atomic E-state index is 0.175. The lowest BCUT2D eigenvalue weighted by atomic mass is 9.72. The number of thiophene rings is 1. The molecule has 0 aromatic carbocycles. The summed E-state index contributed by atoms with van der Waals surface area (Å²) in [4.78, 5) is 25.3. The average Bonchev–Trinajstić information content (AvgIpc) is 2.81. The molecule has 1 aromatic rings. The number of carbonyl (C=O) groups is 2. The minimum Gasteiger partial charge on any atom is -0.465 e. The van der Waals surface area contributed by atoms with Crippen LogP contribution in [0.1, 0.15) is 48.0 Å². The zero-order valence-electron chi connectivity index (χ0n) is 14.0. The van der Waals surface area contributed by atoms with Crippen LogP contribution in [-0.2, 0) is 22.4 Å². The Balaban J connectivity index is 2.41. The van der Waals surface area contributed by atoms with Crippen molar-refractivity contribution in [1.29, 1.82) is 0 Å². The quantitative estimate of drug-likeness (QED) is 0.549. The van der Waals surface area contributed by atoms with Crippen LogP contribution in [0.15, 0.2) is 0 Å². The van der Waals surface area contributed by atoms with Gasteiger partial charge in [0, 0.05) is 4.88 Å². The largest absolute Gasteiger partial charge is 0.465 e. The van der Waals surface area contributed by atoms with E-state index in [1.165, 1.54) is 18.4 Å². The van der Waals surface area contributed by atoms with Crippen LogP contribution in [-0.4, -0.2) is 22.8 Å². The summed E-state index contributed by atoms with van der Waals surface area (Å²) in [6, 6.07) is 0. The zero-order chi connectivity index (χ0) is 18.3. The molecule has 1 heterocycles. The molecule has 0 saturated carbocycles. The van der Waals surface area contributed by atoms with E-state index in [1.54, 1.807) is 0 Å². The van der Waals surface area contributed by atoms with Crippen LogP contribution in [0.3, 0.4) is 0 Å². The molecule has 1 aromatic heterocycles. The van der Waals surface area contributed by atoms with Gasteiger partial charge in [0.05, 0.1) is 12.7 Å². The van der Waals surface area contributed by atoms with E-state index in [0.717, 1.165) is 29.7 Å². The Kier molecular flexibility index (Phi) is 5.80. The Labute approximate surface area is 160 Å². The number of anilines is 1. The Morgan fingerprint density at radius 2 is 1.88 bits per heavy atom. The molecule has 1 atom stereocenters. The second-order valence-electron chi connectivity index (χ2n) is 6.96. The van der Waals surface area contributed by atoms with Crippen molar-refractivity contribution in [2.24, 2.45) is 11.3 Å². The topological polar surface area (TPSA) is 55.4 Å². The summed E-state index contributed by atoms with van der Waals surface area (Å²) in [5, 5.41) is 2.95. The molecule has 2 rings (SSSR count). The highest BCUT2D eigenvalue weighted by Crippen LogP contribution is 2.45. The number of amides is 1. The number of methoxy groups -OCH3 is 1. The van der Waals surface area contributed by atoms with Crippen LogP contribution < -0.4 is 5.32 Å². The van der Waals surface area contributed by atoms with Crippen LogP contribution >= 0.6 is 46.1 Å². The molecular weight excluding hydrogens is 393 g/mol. The number of halogens is 3. The highest BCUT2D eigenvalue weighted by Gasteiger charge is 2.36. The fourth-order valence-corrected chi connectivity index (χ4v) is 4.36. The van der Waals surface area contributed by atoms with Gasteiger partial charge in [0.2, 0.25) is 0 Å². The first-order chi connectivity index (χ1) is 10.9. The lowest BCUT2D eigenvalue weighted by molar-refractivity contribution is -0.115. The first kappa shape index (κ1) is 19.8. The third-order valence-corrected chi connectivity index (χ3v) is 6.05. The summed E-state index contributed by atoms with van der Waals surface area (Å²) >= 11 is 18.2. The van der Waals surface area contributed by atoms with Crippen molar-refractivity contribution in [3.05, 3.63) is 16.0 Å². The van der Waals surface area contributed by atoms with Crippen LogP contribution in [0.4, 0.5) is 5.00 Å². The number of fused-ring (bicyclic) bond motifs is 1. The van der Waals surface area contributed by atoms with E-state index in [1.807, 2.05) is 0 Å². The van der Waals surface area contributed by atoms with E-state index >= 15 is 0 Å². The molecule has 24 heavy (non-hydrogen) atoms. The smallest absolute Gasteiger partial charge is 0.341 e. The molecule has 134 valence electrons. The van der Waals surface area contributed by atoms with Gasteiger partial charge in [-0.25, -0.2) is 4.79 Å². The number of rotatable bonds is 2. The van der Waals surface area contributed by atoms with Crippen molar-refractivity contribution in [2.75, 3.05) is 12.4 Å². The lowest BCUT2D eigenvalue weighted by Gasteiger charge is -2.33. The van der Waals surface area contributed by atoms with Crippen molar-refractivity contribution in [2.45, 2.75) is 43.8 Å². The number of carbonyl (C=O) groups excluding carboxylic acids is 2. The predicted octanol–water partition coefficient (Wildman–Crippen LogP) is 4.99. The van der Waals surface area contributed by atoms with Gasteiger partial charge < -0.3 is 10.1 Å². The average molecular weight is 413 g/mol. The van der Waals surface area contributed by atoms with E-state index in [9.17, 15) is 9.59 Å². The van der Waals surface area contributed by atoms with Gasteiger partial charge in [0.15, 0.2) is 0 Å². The van der Waals surface area contributed by atoms with E-state index in [4.69, 9.17) is 39.5 Å². The third kappa shape index (κ3) is 4.18. The molecule has 1 aliphatic carbocycles. The number of esters is 1. The molecule has 8 heteroatoms. The molecule has 1 amide bonds. The van der Waals surface area contributed by atoms with Gasteiger partial charge in [0.1, 0.15) is 5.00 Å². The fraction of sp³-hybridized carbons (Fsp3) is 0.625. The van der Waals surface area contributed by atoms with Crippen molar-refractivity contribution < 1.29 is 14.3 Å². The summed E-state index contributed by atoms with van der Waals surface area (Å²) in [7, 11) is 1.31. The standard InChI is InChI=1S/C16H20Cl3NO3S/c1-15(2,3)8-5-6-9-10(7-8)24-12(11(9)13(21)23-4)20-14(22)16(17,18)19/h8H,5-7H2,1-4H3,(H,20,22). The van der Waals surface area contributed by atoms with Crippen LogP contribution in [0, 0.1) is 11.3 Å². The number of nitrogens with one attached hydrogen (secondary N) is 1. The number of hydrogen-bond acceptors (Lipinski definition) is 4. The van der Waals surface area contributed by atoms with Gasteiger partial charge in [-0.15, -0.1) is 11.3 Å². The van der Waals surface area contributed by atoms with E-state index < -0.39 is 15.7 Å². The first-order valence-corrected chi connectivity index (χ1v) is 9.51. The van der Waals surface area contributed by atoms with Crippen molar-refractivity contribution in [3.63, 3.8) is 0 Å². The second-order valence-corrected chi connectivity index (χ2v) is 10.3. The minimum atomic E-state index is -2.09. The summed E-state index contributed by atoms with van der Waals surface area (Å²) in [5.74, 6) is -0.768. The molecule has 0 bridgehead atoms. The predicted molar refractivity (Wildman–Crippen MR) is 99.5 cm³/mol. The molecule has 1 unspecified atom stereocenters. The number of alkyl halides is 3. The molecule has 4 nitrogen and oxygen atoms in total. The molecule has 0 saturated heterocycles. The lowest BCUT2D eigenvalue weighted by Crippen LogP contribution is -2.27.